The van der Waals surface area contributed by atoms with Gasteiger partial charge < -0.3 is 9.64 Å². The summed E-state index contributed by atoms with van der Waals surface area (Å²) in [5.41, 5.74) is 2.52. The molecule has 1 aromatic carbocycles. The van der Waals surface area contributed by atoms with Crippen LogP contribution in [0.15, 0.2) is 23.2 Å². The van der Waals surface area contributed by atoms with Crippen molar-refractivity contribution in [2.75, 3.05) is 19.7 Å². The Morgan fingerprint density at radius 2 is 2.00 bits per heavy atom. The summed E-state index contributed by atoms with van der Waals surface area (Å²) in [5, 5.41) is 0. The highest BCUT2D eigenvalue weighted by Gasteiger charge is 2.27. The highest BCUT2D eigenvalue weighted by atomic mass is 35.5. The second-order valence-corrected chi connectivity index (χ2v) is 5.92. The van der Waals surface area contributed by atoms with Crippen molar-refractivity contribution >= 4 is 18.2 Å². The van der Waals surface area contributed by atoms with Gasteiger partial charge in [-0.25, -0.2) is 0 Å². The Kier molecular flexibility index (Phi) is 5.51. The molecule has 3 rings (SSSR count). The molecule has 21 heavy (non-hydrogen) atoms. The quantitative estimate of drug-likeness (QED) is 0.846. The highest BCUT2D eigenvalue weighted by Crippen LogP contribution is 2.26. The van der Waals surface area contributed by atoms with E-state index < -0.39 is 0 Å². The van der Waals surface area contributed by atoms with Crippen molar-refractivity contribution in [2.45, 2.75) is 45.6 Å². The maximum absolute atomic E-state index is 6.02. The fourth-order valence-electron chi connectivity index (χ4n) is 3.27. The van der Waals surface area contributed by atoms with Crippen LogP contribution in [-0.2, 0) is 0 Å². The van der Waals surface area contributed by atoms with Crippen LogP contribution in [0.5, 0.6) is 5.75 Å². The molecule has 4 heteroatoms. The summed E-state index contributed by atoms with van der Waals surface area (Å²) in [5.74, 6) is 2.14. The van der Waals surface area contributed by atoms with Crippen LogP contribution in [0.1, 0.15) is 36.8 Å². The third kappa shape index (κ3) is 3.52. The number of halogens is 1. The molecule has 0 saturated heterocycles. The summed E-state index contributed by atoms with van der Waals surface area (Å²) in [6.07, 6.45) is 5.38. The van der Waals surface area contributed by atoms with E-state index >= 15 is 0 Å². The van der Waals surface area contributed by atoms with Crippen LogP contribution in [0.3, 0.4) is 0 Å². The van der Waals surface area contributed by atoms with E-state index in [-0.39, 0.29) is 12.4 Å². The molecule has 0 radical (unpaired) electrons. The summed E-state index contributed by atoms with van der Waals surface area (Å²) in [6, 6.07) is 6.94. The molecule has 0 spiro atoms. The van der Waals surface area contributed by atoms with Crippen molar-refractivity contribution in [3.05, 3.63) is 29.3 Å². The molecule has 1 aromatic rings. The third-order valence-electron chi connectivity index (χ3n) is 4.64. The van der Waals surface area contributed by atoms with Crippen LogP contribution in [0.4, 0.5) is 0 Å². The number of nitrogens with zero attached hydrogens (tertiary/aromatic N) is 2. The van der Waals surface area contributed by atoms with Gasteiger partial charge in [-0.3, -0.25) is 4.99 Å². The van der Waals surface area contributed by atoms with Crippen LogP contribution in [0.2, 0.25) is 0 Å². The summed E-state index contributed by atoms with van der Waals surface area (Å²) in [7, 11) is 0. The van der Waals surface area contributed by atoms with Crippen molar-refractivity contribution in [2.24, 2.45) is 4.99 Å². The first-order valence-corrected chi connectivity index (χ1v) is 7.74. The molecule has 0 aromatic heterocycles. The van der Waals surface area contributed by atoms with E-state index in [4.69, 9.17) is 4.74 Å². The van der Waals surface area contributed by atoms with E-state index in [1.54, 1.807) is 0 Å². The number of aliphatic imine (C=N–C) groups is 1. The van der Waals surface area contributed by atoms with Crippen molar-refractivity contribution < 1.29 is 4.74 Å². The van der Waals surface area contributed by atoms with E-state index in [0.29, 0.717) is 12.6 Å². The topological polar surface area (TPSA) is 24.8 Å². The molecule has 1 heterocycles. The third-order valence-corrected chi connectivity index (χ3v) is 4.64. The minimum Gasteiger partial charge on any atom is -0.485 e. The minimum atomic E-state index is 0. The van der Waals surface area contributed by atoms with Gasteiger partial charge in [-0.1, -0.05) is 25.0 Å². The molecule has 1 fully saturated rings. The Morgan fingerprint density at radius 3 is 2.76 bits per heavy atom. The van der Waals surface area contributed by atoms with Gasteiger partial charge in [0.05, 0.1) is 6.54 Å². The second-order valence-electron chi connectivity index (χ2n) is 5.92. The molecule has 0 unspecified atom stereocenters. The molecule has 0 atom stereocenters. The fraction of sp³-hybridized carbons (Fsp3) is 0.588. The first kappa shape index (κ1) is 16.2. The molecular formula is C17H25ClN2O. The SMILES string of the molecule is Cc1cccc(OCC2=NCCN2C2CCCC2)c1C.Cl. The molecule has 0 amide bonds. The van der Waals surface area contributed by atoms with Crippen molar-refractivity contribution in [3.63, 3.8) is 0 Å². The zero-order chi connectivity index (χ0) is 13.9. The molecule has 1 saturated carbocycles. The average molecular weight is 309 g/mol. The van der Waals surface area contributed by atoms with Gasteiger partial charge in [0.25, 0.3) is 0 Å². The number of amidine groups is 1. The van der Waals surface area contributed by atoms with Crippen LogP contribution >= 0.6 is 12.4 Å². The lowest BCUT2D eigenvalue weighted by Gasteiger charge is -2.27. The van der Waals surface area contributed by atoms with Crippen LogP contribution in [0, 0.1) is 13.8 Å². The Balaban J connectivity index is 0.00000161. The van der Waals surface area contributed by atoms with Crippen molar-refractivity contribution in [1.29, 1.82) is 0 Å². The van der Waals surface area contributed by atoms with Crippen LogP contribution in [0.25, 0.3) is 0 Å². The van der Waals surface area contributed by atoms with Crippen LogP contribution in [-0.4, -0.2) is 36.5 Å². The number of hydrogen-bond acceptors (Lipinski definition) is 3. The zero-order valence-corrected chi connectivity index (χ0v) is 13.8. The predicted octanol–water partition coefficient (Wildman–Crippen LogP) is 3.76. The Morgan fingerprint density at radius 1 is 1.24 bits per heavy atom. The van der Waals surface area contributed by atoms with Gasteiger partial charge >= 0.3 is 0 Å². The monoisotopic (exact) mass is 308 g/mol. The Hall–Kier alpha value is -1.22. The summed E-state index contributed by atoms with van der Waals surface area (Å²) >= 11 is 0. The molecular weight excluding hydrogens is 284 g/mol. The molecule has 1 aliphatic carbocycles. The van der Waals surface area contributed by atoms with Crippen molar-refractivity contribution in [3.8, 4) is 5.75 Å². The van der Waals surface area contributed by atoms with E-state index in [2.05, 4.69) is 41.9 Å². The number of ether oxygens (including phenoxy) is 1. The first-order valence-electron chi connectivity index (χ1n) is 7.74. The van der Waals surface area contributed by atoms with E-state index in [1.807, 2.05) is 0 Å². The Labute approximate surface area is 133 Å². The maximum Gasteiger partial charge on any atom is 0.145 e. The van der Waals surface area contributed by atoms with Crippen molar-refractivity contribution in [1.82, 2.24) is 4.90 Å². The van der Waals surface area contributed by atoms with Gasteiger partial charge in [0.1, 0.15) is 18.2 Å². The Bertz CT molecular complexity index is 510. The maximum atomic E-state index is 6.02. The van der Waals surface area contributed by atoms with Gasteiger partial charge in [-0.2, -0.15) is 0 Å². The lowest BCUT2D eigenvalue weighted by Crippen LogP contribution is -2.39. The lowest BCUT2D eigenvalue weighted by atomic mass is 10.1. The van der Waals surface area contributed by atoms with Gasteiger partial charge in [-0.05, 0) is 43.9 Å². The summed E-state index contributed by atoms with van der Waals surface area (Å²) in [6.45, 7) is 6.87. The zero-order valence-electron chi connectivity index (χ0n) is 13.0. The number of benzene rings is 1. The molecule has 2 aliphatic rings. The van der Waals surface area contributed by atoms with Gasteiger partial charge in [0.2, 0.25) is 0 Å². The van der Waals surface area contributed by atoms with Gasteiger partial charge in [0.15, 0.2) is 0 Å². The molecule has 116 valence electrons. The second kappa shape index (κ2) is 7.17. The van der Waals surface area contributed by atoms with Gasteiger partial charge in [-0.15, -0.1) is 12.4 Å². The number of aryl methyl sites for hydroxylation is 1. The van der Waals surface area contributed by atoms with Crippen LogP contribution < -0.4 is 4.74 Å². The normalized spacial score (nSPS) is 18.6. The van der Waals surface area contributed by atoms with Gasteiger partial charge in [0, 0.05) is 12.6 Å². The first-order chi connectivity index (χ1) is 9.75. The minimum absolute atomic E-state index is 0. The van der Waals surface area contributed by atoms with E-state index in [9.17, 15) is 0 Å². The van der Waals surface area contributed by atoms with E-state index in [0.717, 1.165) is 24.7 Å². The highest BCUT2D eigenvalue weighted by molar-refractivity contribution is 5.85. The predicted molar refractivity (Wildman–Crippen MR) is 89.9 cm³/mol. The fourth-order valence-corrected chi connectivity index (χ4v) is 3.27. The lowest BCUT2D eigenvalue weighted by molar-refractivity contribution is 0.302. The molecule has 3 nitrogen and oxygen atoms in total. The smallest absolute Gasteiger partial charge is 0.145 e. The summed E-state index contributed by atoms with van der Waals surface area (Å²) in [4.78, 5) is 7.13. The molecule has 0 N–H and O–H groups in total. The molecule has 1 aliphatic heterocycles. The average Bonchev–Trinajstić information content (AvgIpc) is 3.10. The number of hydrogen-bond donors (Lipinski definition) is 0. The number of rotatable bonds is 4. The summed E-state index contributed by atoms with van der Waals surface area (Å²) < 4.78 is 6.02. The van der Waals surface area contributed by atoms with E-state index in [1.165, 1.54) is 36.8 Å². The molecule has 0 bridgehead atoms. The standard InChI is InChI=1S/C17H24N2O.ClH/c1-13-6-5-9-16(14(13)2)20-12-17-18-10-11-19(17)15-7-3-4-8-15;/h5-6,9,15H,3-4,7-8,10-12H2,1-2H3;1H. The largest absolute Gasteiger partial charge is 0.485 e.